The van der Waals surface area contributed by atoms with Gasteiger partial charge in [0.2, 0.25) is 0 Å². The third-order valence-electron chi connectivity index (χ3n) is 7.39. The lowest BCUT2D eigenvalue weighted by atomic mass is 9.50. The second-order valence-corrected chi connectivity index (χ2v) is 8.27. The fraction of sp³-hybridized carbons (Fsp3) is 0.944. The lowest BCUT2D eigenvalue weighted by molar-refractivity contribution is -0.144. The highest BCUT2D eigenvalue weighted by molar-refractivity contribution is 5.83. The van der Waals surface area contributed by atoms with E-state index in [1.54, 1.807) is 0 Å². The van der Waals surface area contributed by atoms with E-state index in [4.69, 9.17) is 0 Å². The average Bonchev–Trinajstić information content (AvgIpc) is 2.79. The summed E-state index contributed by atoms with van der Waals surface area (Å²) in [5.41, 5.74) is 0.389. The molecule has 0 aliphatic heterocycles. The van der Waals surface area contributed by atoms with Crippen molar-refractivity contribution in [1.29, 1.82) is 0 Å². The van der Waals surface area contributed by atoms with Crippen LogP contribution in [0.15, 0.2) is 0 Å². The number of hydrogen-bond donors (Lipinski definition) is 0. The van der Waals surface area contributed by atoms with Crippen LogP contribution in [0.25, 0.3) is 0 Å². The summed E-state index contributed by atoms with van der Waals surface area (Å²) in [6.45, 7) is 2.42. The molecular weight excluding hydrogens is 232 g/mol. The van der Waals surface area contributed by atoms with Crippen molar-refractivity contribution in [1.82, 2.24) is 0 Å². The maximum atomic E-state index is 12.8. The first-order chi connectivity index (χ1) is 9.19. The fourth-order valence-corrected chi connectivity index (χ4v) is 6.63. The minimum atomic E-state index is 0.389. The Morgan fingerprint density at radius 3 is 2.68 bits per heavy atom. The highest BCUT2D eigenvalue weighted by Crippen LogP contribution is 2.61. The Hall–Kier alpha value is -0.330. The van der Waals surface area contributed by atoms with Gasteiger partial charge < -0.3 is 0 Å². The van der Waals surface area contributed by atoms with Crippen molar-refractivity contribution in [2.24, 2.45) is 35.0 Å². The molecule has 0 aromatic carbocycles. The molecule has 0 aromatic heterocycles. The maximum Gasteiger partial charge on any atom is 0.137 e. The molecule has 0 heterocycles. The van der Waals surface area contributed by atoms with Crippen molar-refractivity contribution in [2.75, 3.05) is 0 Å². The van der Waals surface area contributed by atoms with Crippen LogP contribution in [-0.4, -0.2) is 5.78 Å². The van der Waals surface area contributed by atoms with Crippen LogP contribution in [0.1, 0.15) is 71.1 Å². The van der Waals surface area contributed by atoms with Crippen LogP contribution in [0.5, 0.6) is 0 Å². The molecule has 4 saturated carbocycles. The fourth-order valence-electron chi connectivity index (χ4n) is 6.63. The SMILES string of the molecule is C[C@@]12CCC[C@H]1[C@@H]1CCC3CCCC[C@@H]3[C@H]1C(=O)C2. The maximum absolute atomic E-state index is 12.8. The zero-order valence-electron chi connectivity index (χ0n) is 12.4. The predicted octanol–water partition coefficient (Wildman–Crippen LogP) is 4.60. The van der Waals surface area contributed by atoms with E-state index in [1.165, 1.54) is 57.8 Å². The minimum absolute atomic E-state index is 0.389. The smallest absolute Gasteiger partial charge is 0.137 e. The van der Waals surface area contributed by atoms with Crippen LogP contribution in [0.3, 0.4) is 0 Å². The summed E-state index contributed by atoms with van der Waals surface area (Å²) < 4.78 is 0. The summed E-state index contributed by atoms with van der Waals surface area (Å²) in [7, 11) is 0. The molecule has 0 saturated heterocycles. The summed E-state index contributed by atoms with van der Waals surface area (Å²) in [6.07, 6.45) is 13.4. The molecule has 19 heavy (non-hydrogen) atoms. The number of carbonyl (C=O) groups is 1. The van der Waals surface area contributed by atoms with Gasteiger partial charge in [-0.15, -0.1) is 0 Å². The van der Waals surface area contributed by atoms with E-state index in [9.17, 15) is 4.79 Å². The molecule has 4 fully saturated rings. The number of ketones is 1. The van der Waals surface area contributed by atoms with Gasteiger partial charge in [-0.1, -0.05) is 32.6 Å². The van der Waals surface area contributed by atoms with Gasteiger partial charge in [-0.3, -0.25) is 4.79 Å². The normalized spacial score (nSPS) is 53.3. The van der Waals surface area contributed by atoms with Crippen LogP contribution in [0, 0.1) is 35.0 Å². The molecule has 6 atom stereocenters. The van der Waals surface area contributed by atoms with E-state index < -0.39 is 0 Å². The molecule has 1 nitrogen and oxygen atoms in total. The Kier molecular flexibility index (Phi) is 2.83. The first-order valence-electron chi connectivity index (χ1n) is 8.72. The van der Waals surface area contributed by atoms with Crippen molar-refractivity contribution in [2.45, 2.75) is 71.1 Å². The first kappa shape index (κ1) is 12.4. The van der Waals surface area contributed by atoms with Gasteiger partial charge in [0, 0.05) is 12.3 Å². The summed E-state index contributed by atoms with van der Waals surface area (Å²) in [6, 6.07) is 0. The molecule has 0 amide bonds. The summed E-state index contributed by atoms with van der Waals surface area (Å²) in [5, 5.41) is 0. The van der Waals surface area contributed by atoms with Gasteiger partial charge in [-0.25, -0.2) is 0 Å². The molecule has 4 aliphatic carbocycles. The van der Waals surface area contributed by atoms with Gasteiger partial charge in [-0.05, 0) is 61.2 Å². The van der Waals surface area contributed by atoms with Crippen molar-refractivity contribution in [3.05, 3.63) is 0 Å². The van der Waals surface area contributed by atoms with Gasteiger partial charge in [-0.2, -0.15) is 0 Å². The van der Waals surface area contributed by atoms with Crippen LogP contribution in [-0.2, 0) is 4.79 Å². The van der Waals surface area contributed by atoms with E-state index in [1.807, 2.05) is 0 Å². The van der Waals surface area contributed by atoms with Crippen molar-refractivity contribution in [3.8, 4) is 0 Å². The molecule has 106 valence electrons. The molecular formula is C18H28O. The lowest BCUT2D eigenvalue weighted by Crippen LogP contribution is -2.51. The molecule has 0 spiro atoms. The second-order valence-electron chi connectivity index (χ2n) is 8.27. The molecule has 1 heteroatoms. The van der Waals surface area contributed by atoms with Crippen LogP contribution in [0.4, 0.5) is 0 Å². The topological polar surface area (TPSA) is 17.1 Å². The van der Waals surface area contributed by atoms with Crippen LogP contribution in [0.2, 0.25) is 0 Å². The minimum Gasteiger partial charge on any atom is -0.299 e. The number of Topliss-reactive ketones (excluding diaryl/α,β-unsaturated/α-hetero) is 1. The Bertz CT molecular complexity index is 387. The van der Waals surface area contributed by atoms with Gasteiger partial charge in [0.15, 0.2) is 0 Å². The number of carbonyl (C=O) groups excluding carboxylic acids is 1. The van der Waals surface area contributed by atoms with Crippen LogP contribution < -0.4 is 0 Å². The summed E-state index contributed by atoms with van der Waals surface area (Å²) in [4.78, 5) is 12.8. The Morgan fingerprint density at radius 1 is 0.947 bits per heavy atom. The third-order valence-corrected chi connectivity index (χ3v) is 7.39. The lowest BCUT2D eigenvalue weighted by Gasteiger charge is -2.53. The standard InChI is InChI=1S/C18H28O/c1-18-10-4-7-15(18)14-9-8-12-5-2-3-6-13(12)17(14)16(19)11-18/h12-15,17H,2-11H2,1H3/t12?,13-,14-,15-,17+,18-/m0/s1. The Labute approximate surface area is 117 Å². The highest BCUT2D eigenvalue weighted by atomic mass is 16.1. The van der Waals surface area contributed by atoms with Gasteiger partial charge in [0.1, 0.15) is 5.78 Å². The Morgan fingerprint density at radius 2 is 1.79 bits per heavy atom. The third kappa shape index (κ3) is 1.76. The molecule has 4 rings (SSSR count). The van der Waals surface area contributed by atoms with Crippen molar-refractivity contribution < 1.29 is 4.79 Å². The molecule has 0 bridgehead atoms. The van der Waals surface area contributed by atoms with E-state index in [-0.39, 0.29) is 0 Å². The number of hydrogen-bond acceptors (Lipinski definition) is 1. The van der Waals surface area contributed by atoms with E-state index in [0.717, 1.165) is 30.1 Å². The molecule has 0 radical (unpaired) electrons. The van der Waals surface area contributed by atoms with Crippen molar-refractivity contribution in [3.63, 3.8) is 0 Å². The zero-order chi connectivity index (χ0) is 13.0. The Balaban J connectivity index is 1.66. The predicted molar refractivity (Wildman–Crippen MR) is 76.7 cm³/mol. The number of rotatable bonds is 0. The zero-order valence-corrected chi connectivity index (χ0v) is 12.4. The highest BCUT2D eigenvalue weighted by Gasteiger charge is 2.56. The van der Waals surface area contributed by atoms with E-state index >= 15 is 0 Å². The first-order valence-corrected chi connectivity index (χ1v) is 8.72. The average molecular weight is 260 g/mol. The second kappa shape index (κ2) is 4.33. The van der Waals surface area contributed by atoms with Gasteiger partial charge >= 0.3 is 0 Å². The number of fused-ring (bicyclic) bond motifs is 5. The molecule has 4 aliphatic rings. The van der Waals surface area contributed by atoms with Gasteiger partial charge in [0.05, 0.1) is 0 Å². The molecule has 0 N–H and O–H groups in total. The van der Waals surface area contributed by atoms with E-state index in [0.29, 0.717) is 17.1 Å². The molecule has 1 unspecified atom stereocenters. The summed E-state index contributed by atoms with van der Waals surface area (Å²) in [5.74, 6) is 4.50. The van der Waals surface area contributed by atoms with Crippen LogP contribution >= 0.6 is 0 Å². The van der Waals surface area contributed by atoms with Crippen molar-refractivity contribution >= 4 is 5.78 Å². The van der Waals surface area contributed by atoms with E-state index in [2.05, 4.69) is 6.92 Å². The van der Waals surface area contributed by atoms with Gasteiger partial charge in [0.25, 0.3) is 0 Å². The largest absolute Gasteiger partial charge is 0.299 e. The molecule has 0 aromatic rings. The quantitative estimate of drug-likeness (QED) is 0.622. The monoisotopic (exact) mass is 260 g/mol. The summed E-state index contributed by atoms with van der Waals surface area (Å²) >= 11 is 0.